The van der Waals surface area contributed by atoms with Crippen LogP contribution in [0.1, 0.15) is 0 Å². The Morgan fingerprint density at radius 1 is 0.488 bits per heavy atom. The van der Waals surface area contributed by atoms with Gasteiger partial charge < -0.3 is 18.0 Å². The van der Waals surface area contributed by atoms with Crippen LogP contribution < -0.4 is 16.6 Å². The molecule has 2 aliphatic rings. The molecule has 0 spiro atoms. The van der Waals surface area contributed by atoms with Gasteiger partial charge in [-0.2, -0.15) is 0 Å². The monoisotopic (exact) mass is 546 g/mol. The van der Waals surface area contributed by atoms with Gasteiger partial charge in [0.2, 0.25) is 0 Å². The molecule has 196 valence electrons. The Morgan fingerprint density at radius 2 is 1.12 bits per heavy atom. The minimum absolute atomic E-state index is 0.0355. The Bertz CT molecular complexity index is 2910. The number of hydrogen-bond donors (Lipinski definition) is 0. The first-order chi connectivity index (χ1) is 21.4. The van der Waals surface area contributed by atoms with Crippen molar-refractivity contribution in [1.29, 1.82) is 0 Å². The smallest absolute Gasteiger partial charge is 0.297 e. The molecule has 0 N–H and O–H groups in total. The van der Waals surface area contributed by atoms with Gasteiger partial charge in [-0.1, -0.05) is 72.8 Å². The van der Waals surface area contributed by atoms with E-state index in [1.165, 1.54) is 60.2 Å². The summed E-state index contributed by atoms with van der Waals surface area (Å²) in [6.45, 7) is -0.0355. The Labute approximate surface area is 244 Å². The normalized spacial score (nSPS) is 13.5. The summed E-state index contributed by atoms with van der Waals surface area (Å²) in [6, 6.07) is 41.5. The molecule has 0 radical (unpaired) electrons. The van der Waals surface area contributed by atoms with Crippen molar-refractivity contribution >= 4 is 99.8 Å². The van der Waals surface area contributed by atoms with Crippen LogP contribution in [0.25, 0.3) is 87.9 Å². The van der Waals surface area contributed by atoms with Gasteiger partial charge in [-0.05, 0) is 53.4 Å². The highest BCUT2D eigenvalue weighted by molar-refractivity contribution is 7.00. The second-order valence-electron chi connectivity index (χ2n) is 12.0. The zero-order valence-corrected chi connectivity index (χ0v) is 22.8. The molecule has 0 bridgehead atoms. The van der Waals surface area contributed by atoms with Gasteiger partial charge in [0.15, 0.2) is 0 Å². The van der Waals surface area contributed by atoms with E-state index in [4.69, 9.17) is 8.83 Å². The summed E-state index contributed by atoms with van der Waals surface area (Å²) < 4.78 is 18.4. The lowest BCUT2D eigenvalue weighted by Gasteiger charge is -2.30. The predicted octanol–water partition coefficient (Wildman–Crippen LogP) is 7.67. The second-order valence-corrected chi connectivity index (χ2v) is 12.0. The number of hydrogen-bond acceptors (Lipinski definition) is 2. The van der Waals surface area contributed by atoms with Gasteiger partial charge in [-0.3, -0.25) is 0 Å². The van der Waals surface area contributed by atoms with Gasteiger partial charge in [0.05, 0.1) is 38.8 Å². The van der Waals surface area contributed by atoms with Crippen molar-refractivity contribution in [2.45, 2.75) is 0 Å². The van der Waals surface area contributed by atoms with Gasteiger partial charge in [0, 0.05) is 38.0 Å². The van der Waals surface area contributed by atoms with E-state index < -0.39 is 0 Å². The van der Waals surface area contributed by atoms with E-state index in [-0.39, 0.29) is 6.71 Å². The van der Waals surface area contributed by atoms with Crippen LogP contribution in [0.3, 0.4) is 0 Å². The lowest BCUT2D eigenvalue weighted by atomic mass is 9.36. The van der Waals surface area contributed by atoms with Crippen molar-refractivity contribution in [3.05, 3.63) is 115 Å². The first-order valence-electron chi connectivity index (χ1n) is 14.8. The molecule has 6 aromatic carbocycles. The molecule has 0 saturated carbocycles. The number of fused-ring (bicyclic) bond motifs is 18. The highest BCUT2D eigenvalue weighted by Crippen LogP contribution is 2.45. The summed E-state index contributed by atoms with van der Waals surface area (Å²) in [4.78, 5) is 0. The van der Waals surface area contributed by atoms with Crippen molar-refractivity contribution in [1.82, 2.24) is 9.13 Å². The molecule has 6 heterocycles. The molecule has 5 heteroatoms. The Balaban J connectivity index is 1.42. The summed E-state index contributed by atoms with van der Waals surface area (Å²) in [6.07, 6.45) is 0. The number of rotatable bonds is 0. The van der Waals surface area contributed by atoms with Crippen LogP contribution >= 0.6 is 0 Å². The van der Waals surface area contributed by atoms with Gasteiger partial charge in [0.25, 0.3) is 6.71 Å². The van der Waals surface area contributed by atoms with Gasteiger partial charge in [-0.15, -0.1) is 0 Å². The van der Waals surface area contributed by atoms with E-state index in [1.807, 2.05) is 6.07 Å². The second kappa shape index (κ2) is 6.85. The first kappa shape index (κ1) is 21.1. The first-order valence-corrected chi connectivity index (χ1v) is 14.8. The third-order valence-corrected chi connectivity index (χ3v) is 10.1. The van der Waals surface area contributed by atoms with Crippen LogP contribution in [0.15, 0.2) is 124 Å². The zero-order chi connectivity index (χ0) is 27.6. The fraction of sp³-hybridized carbons (Fsp3) is 0. The summed E-state index contributed by atoms with van der Waals surface area (Å²) in [5.41, 5.74) is 13.6. The number of para-hydroxylation sites is 4. The predicted molar refractivity (Wildman–Crippen MR) is 177 cm³/mol. The standard InChI is InChI=1S/C38H19BN2O2/c1-5-13-26-20(9-1)23-19-24-21-10-2-6-14-27(21)41-36(24)34-35(23)40(26)28-15-7-4-12-25(28)39(34)38-37(41)33-31(43-38)18-17-30-32(33)22-11-3-8-16-29(22)42-30/h1-19H. The molecule has 0 fully saturated rings. The Morgan fingerprint density at radius 3 is 1.93 bits per heavy atom. The molecule has 4 aromatic heterocycles. The van der Waals surface area contributed by atoms with Crippen LogP contribution in [0, 0.1) is 0 Å². The van der Waals surface area contributed by atoms with E-state index >= 15 is 0 Å². The summed E-state index contributed by atoms with van der Waals surface area (Å²) in [5.74, 6) is 0. The maximum atomic E-state index is 7.06. The zero-order valence-electron chi connectivity index (χ0n) is 22.8. The molecule has 0 amide bonds. The maximum absolute atomic E-state index is 7.06. The van der Waals surface area contributed by atoms with Gasteiger partial charge >= 0.3 is 0 Å². The fourth-order valence-electron chi connectivity index (χ4n) is 8.55. The van der Waals surface area contributed by atoms with Crippen LogP contribution in [0.4, 0.5) is 0 Å². The number of benzene rings is 6. The Hall–Kier alpha value is -5.68. The third kappa shape index (κ3) is 2.20. The minimum Gasteiger partial charge on any atom is -0.468 e. The van der Waals surface area contributed by atoms with Crippen LogP contribution in [-0.2, 0) is 0 Å². The molecular weight excluding hydrogens is 527 g/mol. The van der Waals surface area contributed by atoms with Crippen LogP contribution in [-0.4, -0.2) is 15.8 Å². The quantitative estimate of drug-likeness (QED) is 0.183. The van der Waals surface area contributed by atoms with Crippen molar-refractivity contribution in [2.24, 2.45) is 0 Å². The number of nitrogens with zero attached hydrogens (tertiary/aromatic N) is 2. The van der Waals surface area contributed by atoms with Crippen LogP contribution in [0.5, 0.6) is 0 Å². The Kier molecular flexibility index (Phi) is 3.36. The molecule has 0 aliphatic carbocycles. The molecule has 12 rings (SSSR count). The lowest BCUT2D eigenvalue weighted by molar-refractivity contribution is 0.648. The molecule has 4 nitrogen and oxygen atoms in total. The average molecular weight is 546 g/mol. The summed E-state index contributed by atoms with van der Waals surface area (Å²) >= 11 is 0. The van der Waals surface area contributed by atoms with Crippen molar-refractivity contribution in [3.8, 4) is 11.4 Å². The van der Waals surface area contributed by atoms with E-state index in [9.17, 15) is 0 Å². The molecule has 0 atom stereocenters. The van der Waals surface area contributed by atoms with E-state index in [0.29, 0.717) is 0 Å². The van der Waals surface area contributed by atoms with E-state index in [0.717, 1.165) is 44.3 Å². The fourth-order valence-corrected chi connectivity index (χ4v) is 8.55. The van der Waals surface area contributed by atoms with Crippen LogP contribution in [0.2, 0.25) is 0 Å². The van der Waals surface area contributed by atoms with Crippen molar-refractivity contribution in [3.63, 3.8) is 0 Å². The highest BCUT2D eigenvalue weighted by atomic mass is 16.3. The molecule has 0 unspecified atom stereocenters. The SMILES string of the molecule is c1ccc2c(c1)B1c3oc4ccc5oc6ccccc6c5c4c3-n3c4ccccc4c4cc5c6ccccc6n-2c5c1c43. The molecule has 0 saturated heterocycles. The number of aromatic nitrogens is 2. The van der Waals surface area contributed by atoms with Gasteiger partial charge in [-0.25, -0.2) is 0 Å². The molecule has 43 heavy (non-hydrogen) atoms. The topological polar surface area (TPSA) is 36.1 Å². The molecule has 2 aliphatic heterocycles. The minimum atomic E-state index is -0.0355. The van der Waals surface area contributed by atoms with Crippen molar-refractivity contribution < 1.29 is 8.83 Å². The lowest BCUT2D eigenvalue weighted by Crippen LogP contribution is -2.58. The summed E-state index contributed by atoms with van der Waals surface area (Å²) in [5, 5.41) is 8.48. The molecular formula is C38H19BN2O2. The number of furan rings is 2. The van der Waals surface area contributed by atoms with Crippen molar-refractivity contribution in [2.75, 3.05) is 0 Å². The molecule has 10 aromatic rings. The van der Waals surface area contributed by atoms with E-state index in [2.05, 4.69) is 118 Å². The average Bonchev–Trinajstić information content (AvgIpc) is 3.80. The largest absolute Gasteiger partial charge is 0.468 e. The van der Waals surface area contributed by atoms with Gasteiger partial charge in [0.1, 0.15) is 16.7 Å². The van der Waals surface area contributed by atoms with E-state index in [1.54, 1.807) is 0 Å². The highest BCUT2D eigenvalue weighted by Gasteiger charge is 2.44. The third-order valence-electron chi connectivity index (χ3n) is 10.1. The maximum Gasteiger partial charge on any atom is 0.297 e. The summed E-state index contributed by atoms with van der Waals surface area (Å²) in [7, 11) is 0.